The van der Waals surface area contributed by atoms with Crippen molar-refractivity contribution in [2.24, 2.45) is 5.92 Å². The molecule has 3 nitrogen and oxygen atoms in total. The quantitative estimate of drug-likeness (QED) is 0.810. The zero-order chi connectivity index (χ0) is 10.7. The summed E-state index contributed by atoms with van der Waals surface area (Å²) in [6, 6.07) is 6.63. The van der Waals surface area contributed by atoms with E-state index >= 15 is 0 Å². The Bertz CT molecular complexity index is 344. The highest BCUT2D eigenvalue weighted by molar-refractivity contribution is 7.85. The number of hydrogen-bond acceptors (Lipinski definition) is 3. The number of phenolic OH excluding ortho intramolecular Hbond substituents is 1. The van der Waals surface area contributed by atoms with Gasteiger partial charge in [-0.2, -0.15) is 0 Å². The zero-order valence-electron chi connectivity index (χ0n) is 8.48. The maximum Gasteiger partial charge on any atom is 0.115 e. The van der Waals surface area contributed by atoms with Crippen molar-refractivity contribution in [3.63, 3.8) is 0 Å². The SMILES string of the molecule is O=S(CC1CCNC1)c1ccc(O)cc1. The molecule has 1 fully saturated rings. The van der Waals surface area contributed by atoms with Crippen molar-refractivity contribution in [2.45, 2.75) is 11.3 Å². The molecular weight excluding hydrogens is 210 g/mol. The average molecular weight is 225 g/mol. The Morgan fingerprint density at radius 3 is 2.73 bits per heavy atom. The van der Waals surface area contributed by atoms with E-state index in [1.54, 1.807) is 24.3 Å². The molecule has 0 bridgehead atoms. The van der Waals surface area contributed by atoms with Crippen LogP contribution in [0, 0.1) is 5.92 Å². The van der Waals surface area contributed by atoms with Crippen LogP contribution in [0.4, 0.5) is 0 Å². The predicted molar refractivity (Wildman–Crippen MR) is 60.4 cm³/mol. The first-order chi connectivity index (χ1) is 7.25. The van der Waals surface area contributed by atoms with Crippen molar-refractivity contribution in [1.29, 1.82) is 0 Å². The lowest BCUT2D eigenvalue weighted by Gasteiger charge is -2.07. The number of rotatable bonds is 3. The van der Waals surface area contributed by atoms with Crippen LogP contribution in [0.1, 0.15) is 6.42 Å². The maximum absolute atomic E-state index is 11.9. The Hall–Kier alpha value is -0.870. The molecule has 2 unspecified atom stereocenters. The topological polar surface area (TPSA) is 49.3 Å². The average Bonchev–Trinajstić information content (AvgIpc) is 2.71. The van der Waals surface area contributed by atoms with Crippen LogP contribution in [-0.2, 0) is 10.8 Å². The Morgan fingerprint density at radius 2 is 2.13 bits per heavy atom. The molecule has 2 rings (SSSR count). The molecule has 15 heavy (non-hydrogen) atoms. The van der Waals surface area contributed by atoms with E-state index in [-0.39, 0.29) is 5.75 Å². The Labute approximate surface area is 92.0 Å². The third-order valence-electron chi connectivity index (χ3n) is 2.65. The Balaban J connectivity index is 1.98. The molecule has 1 aromatic rings. The first-order valence-electron chi connectivity index (χ1n) is 5.14. The van der Waals surface area contributed by atoms with Crippen LogP contribution >= 0.6 is 0 Å². The third kappa shape index (κ3) is 2.79. The monoisotopic (exact) mass is 225 g/mol. The Kier molecular flexibility index (Phi) is 3.38. The number of nitrogens with one attached hydrogen (secondary N) is 1. The third-order valence-corrected chi connectivity index (χ3v) is 4.22. The van der Waals surface area contributed by atoms with E-state index in [9.17, 15) is 4.21 Å². The molecule has 0 amide bonds. The van der Waals surface area contributed by atoms with Gasteiger partial charge in [-0.15, -0.1) is 0 Å². The predicted octanol–water partition coefficient (Wildman–Crippen LogP) is 1.11. The van der Waals surface area contributed by atoms with Crippen LogP contribution < -0.4 is 5.32 Å². The van der Waals surface area contributed by atoms with Crippen molar-refractivity contribution < 1.29 is 9.32 Å². The summed E-state index contributed by atoms with van der Waals surface area (Å²) in [6.07, 6.45) is 1.11. The summed E-state index contributed by atoms with van der Waals surface area (Å²) in [5.41, 5.74) is 0. The van der Waals surface area contributed by atoms with Crippen LogP contribution in [0.25, 0.3) is 0 Å². The first-order valence-corrected chi connectivity index (χ1v) is 6.46. The summed E-state index contributed by atoms with van der Waals surface area (Å²) in [5, 5.41) is 12.4. The lowest BCUT2D eigenvalue weighted by molar-refractivity contribution is 0.475. The highest BCUT2D eigenvalue weighted by atomic mass is 32.2. The van der Waals surface area contributed by atoms with E-state index < -0.39 is 10.8 Å². The van der Waals surface area contributed by atoms with E-state index in [4.69, 9.17) is 5.11 Å². The normalized spacial score (nSPS) is 22.8. The van der Waals surface area contributed by atoms with Crippen LogP contribution in [0.5, 0.6) is 5.75 Å². The molecule has 1 aliphatic heterocycles. The van der Waals surface area contributed by atoms with Gasteiger partial charge in [0.15, 0.2) is 0 Å². The second-order valence-electron chi connectivity index (χ2n) is 3.86. The van der Waals surface area contributed by atoms with Crippen molar-refractivity contribution in [1.82, 2.24) is 5.32 Å². The van der Waals surface area contributed by atoms with E-state index in [1.165, 1.54) is 0 Å². The standard InChI is InChI=1S/C11H15NO2S/c13-10-1-3-11(4-2-10)15(14)8-9-5-6-12-7-9/h1-4,9,12-13H,5-8H2. The highest BCUT2D eigenvalue weighted by Gasteiger charge is 2.17. The molecule has 0 spiro atoms. The summed E-state index contributed by atoms with van der Waals surface area (Å²) in [4.78, 5) is 0.805. The van der Waals surface area contributed by atoms with Crippen molar-refractivity contribution >= 4 is 10.8 Å². The largest absolute Gasteiger partial charge is 0.508 e. The molecule has 1 saturated heterocycles. The van der Waals surface area contributed by atoms with Crippen LogP contribution in [0.15, 0.2) is 29.2 Å². The van der Waals surface area contributed by atoms with Gasteiger partial charge in [-0.25, -0.2) is 0 Å². The lowest BCUT2D eigenvalue weighted by Crippen LogP contribution is -2.15. The van der Waals surface area contributed by atoms with Crippen molar-refractivity contribution in [3.05, 3.63) is 24.3 Å². The maximum atomic E-state index is 11.9. The molecule has 0 aromatic heterocycles. The van der Waals surface area contributed by atoms with Gasteiger partial charge in [0, 0.05) is 10.6 Å². The lowest BCUT2D eigenvalue weighted by atomic mass is 10.2. The van der Waals surface area contributed by atoms with E-state index in [1.807, 2.05) is 0 Å². The summed E-state index contributed by atoms with van der Waals surface area (Å²) < 4.78 is 11.9. The number of aromatic hydroxyl groups is 1. The van der Waals surface area contributed by atoms with Gasteiger partial charge < -0.3 is 10.4 Å². The summed E-state index contributed by atoms with van der Waals surface area (Å²) in [6.45, 7) is 2.02. The summed E-state index contributed by atoms with van der Waals surface area (Å²) >= 11 is 0. The molecule has 1 aliphatic rings. The molecule has 0 aliphatic carbocycles. The van der Waals surface area contributed by atoms with Gasteiger partial charge in [-0.05, 0) is 49.7 Å². The molecule has 0 saturated carbocycles. The minimum absolute atomic E-state index is 0.221. The molecule has 82 valence electrons. The molecule has 2 atom stereocenters. The smallest absolute Gasteiger partial charge is 0.115 e. The fourth-order valence-electron chi connectivity index (χ4n) is 1.76. The van der Waals surface area contributed by atoms with Gasteiger partial charge in [0.25, 0.3) is 0 Å². The Morgan fingerprint density at radius 1 is 1.40 bits per heavy atom. The fraction of sp³-hybridized carbons (Fsp3) is 0.455. The molecule has 0 radical (unpaired) electrons. The molecule has 1 heterocycles. The molecule has 1 aromatic carbocycles. The van der Waals surface area contributed by atoms with Gasteiger partial charge in [0.1, 0.15) is 5.75 Å². The summed E-state index contributed by atoms with van der Waals surface area (Å²) in [7, 11) is -0.933. The number of hydrogen-bond donors (Lipinski definition) is 2. The second-order valence-corrected chi connectivity index (χ2v) is 5.36. The van der Waals surface area contributed by atoms with E-state index in [0.29, 0.717) is 5.92 Å². The van der Waals surface area contributed by atoms with E-state index in [0.717, 1.165) is 30.2 Å². The summed E-state index contributed by atoms with van der Waals surface area (Å²) in [5.74, 6) is 1.47. The minimum atomic E-state index is -0.933. The van der Waals surface area contributed by atoms with Gasteiger partial charge in [-0.1, -0.05) is 0 Å². The number of phenols is 1. The van der Waals surface area contributed by atoms with Gasteiger partial charge in [0.05, 0.1) is 10.8 Å². The fourth-order valence-corrected chi connectivity index (χ4v) is 3.11. The van der Waals surface area contributed by atoms with Crippen molar-refractivity contribution in [3.8, 4) is 5.75 Å². The molecule has 2 N–H and O–H groups in total. The molecular formula is C11H15NO2S. The van der Waals surface area contributed by atoms with Gasteiger partial charge in [0.2, 0.25) is 0 Å². The second kappa shape index (κ2) is 4.77. The minimum Gasteiger partial charge on any atom is -0.508 e. The zero-order valence-corrected chi connectivity index (χ0v) is 9.30. The van der Waals surface area contributed by atoms with Crippen LogP contribution in [0.2, 0.25) is 0 Å². The number of benzene rings is 1. The highest BCUT2D eigenvalue weighted by Crippen LogP contribution is 2.17. The van der Waals surface area contributed by atoms with Gasteiger partial charge >= 0.3 is 0 Å². The van der Waals surface area contributed by atoms with Crippen LogP contribution in [-0.4, -0.2) is 28.2 Å². The van der Waals surface area contributed by atoms with Crippen LogP contribution in [0.3, 0.4) is 0 Å². The first kappa shape index (κ1) is 10.6. The van der Waals surface area contributed by atoms with Gasteiger partial charge in [-0.3, -0.25) is 4.21 Å². The van der Waals surface area contributed by atoms with E-state index in [2.05, 4.69) is 5.32 Å². The van der Waals surface area contributed by atoms with Crippen molar-refractivity contribution in [2.75, 3.05) is 18.8 Å². The molecule has 4 heteroatoms.